The van der Waals surface area contributed by atoms with E-state index in [0.717, 1.165) is 19.6 Å². The Labute approximate surface area is 115 Å². The maximum absolute atomic E-state index is 3.47. The van der Waals surface area contributed by atoms with Crippen molar-refractivity contribution < 1.29 is 0 Å². The summed E-state index contributed by atoms with van der Waals surface area (Å²) in [5.74, 6) is 0. The lowest BCUT2D eigenvalue weighted by atomic mass is 9.93. The van der Waals surface area contributed by atoms with E-state index in [2.05, 4.69) is 43.1 Å². The van der Waals surface area contributed by atoms with E-state index in [4.69, 9.17) is 0 Å². The largest absolute Gasteiger partial charge is 0.312 e. The monoisotopic (exact) mass is 266 g/mol. The molecule has 0 amide bonds. The standard InChI is InChI=1S/C15H26N2S/c1-4-8-16-10-13-5-6-14(18-13)11-17-9-7-15(2,3)12-17/h5-6,16H,4,7-12H2,1-3H3. The zero-order valence-corrected chi connectivity index (χ0v) is 12.8. The fraction of sp³-hybridized carbons (Fsp3) is 0.733. The molecule has 0 spiro atoms. The Kier molecular flexibility index (Phi) is 4.82. The Morgan fingerprint density at radius 2 is 2.11 bits per heavy atom. The van der Waals surface area contributed by atoms with Crippen molar-refractivity contribution in [1.82, 2.24) is 10.2 Å². The molecule has 1 aromatic heterocycles. The molecule has 1 N–H and O–H groups in total. The summed E-state index contributed by atoms with van der Waals surface area (Å²) < 4.78 is 0. The van der Waals surface area contributed by atoms with Crippen LogP contribution in [-0.2, 0) is 13.1 Å². The first-order valence-electron chi connectivity index (χ1n) is 7.10. The van der Waals surface area contributed by atoms with Crippen molar-refractivity contribution >= 4 is 11.3 Å². The molecule has 0 aliphatic carbocycles. The van der Waals surface area contributed by atoms with E-state index >= 15 is 0 Å². The van der Waals surface area contributed by atoms with Gasteiger partial charge >= 0.3 is 0 Å². The molecular formula is C15H26N2S. The van der Waals surface area contributed by atoms with Gasteiger partial charge in [0, 0.05) is 29.4 Å². The van der Waals surface area contributed by atoms with Crippen LogP contribution in [-0.4, -0.2) is 24.5 Å². The molecule has 0 radical (unpaired) electrons. The van der Waals surface area contributed by atoms with Crippen molar-refractivity contribution in [1.29, 1.82) is 0 Å². The quantitative estimate of drug-likeness (QED) is 0.793. The second kappa shape index (κ2) is 6.18. The van der Waals surface area contributed by atoms with Crippen LogP contribution in [0.25, 0.3) is 0 Å². The van der Waals surface area contributed by atoms with Gasteiger partial charge in [-0.05, 0) is 43.5 Å². The van der Waals surface area contributed by atoms with Gasteiger partial charge in [0.15, 0.2) is 0 Å². The predicted molar refractivity (Wildman–Crippen MR) is 80.0 cm³/mol. The summed E-state index contributed by atoms with van der Waals surface area (Å²) in [6, 6.07) is 4.59. The van der Waals surface area contributed by atoms with Crippen molar-refractivity contribution in [2.45, 2.75) is 46.7 Å². The second-order valence-electron chi connectivity index (χ2n) is 6.17. The molecular weight excluding hydrogens is 240 g/mol. The van der Waals surface area contributed by atoms with E-state index in [1.165, 1.54) is 35.7 Å². The third-order valence-electron chi connectivity index (χ3n) is 3.58. The van der Waals surface area contributed by atoms with Gasteiger partial charge in [0.1, 0.15) is 0 Å². The predicted octanol–water partition coefficient (Wildman–Crippen LogP) is 3.48. The van der Waals surface area contributed by atoms with E-state index < -0.39 is 0 Å². The maximum atomic E-state index is 3.47. The van der Waals surface area contributed by atoms with Gasteiger partial charge in [0.05, 0.1) is 0 Å². The van der Waals surface area contributed by atoms with Gasteiger partial charge in [-0.15, -0.1) is 11.3 Å². The van der Waals surface area contributed by atoms with Gasteiger partial charge in [0.25, 0.3) is 0 Å². The Morgan fingerprint density at radius 1 is 1.33 bits per heavy atom. The lowest BCUT2D eigenvalue weighted by Crippen LogP contribution is -2.22. The molecule has 3 heteroatoms. The first-order valence-corrected chi connectivity index (χ1v) is 7.91. The third kappa shape index (κ3) is 4.08. The summed E-state index contributed by atoms with van der Waals surface area (Å²) in [6.45, 7) is 12.8. The molecule has 1 aliphatic heterocycles. The van der Waals surface area contributed by atoms with Gasteiger partial charge in [-0.25, -0.2) is 0 Å². The molecule has 0 aromatic carbocycles. The molecule has 102 valence electrons. The van der Waals surface area contributed by atoms with Crippen LogP contribution >= 0.6 is 11.3 Å². The number of nitrogens with one attached hydrogen (secondary N) is 1. The molecule has 1 fully saturated rings. The first kappa shape index (κ1) is 14.0. The van der Waals surface area contributed by atoms with Gasteiger partial charge in [-0.1, -0.05) is 20.8 Å². The van der Waals surface area contributed by atoms with Gasteiger partial charge < -0.3 is 5.32 Å². The van der Waals surface area contributed by atoms with Crippen LogP contribution in [0.4, 0.5) is 0 Å². The van der Waals surface area contributed by atoms with Crippen LogP contribution in [0.1, 0.15) is 43.4 Å². The highest BCUT2D eigenvalue weighted by Gasteiger charge is 2.28. The minimum absolute atomic E-state index is 0.517. The minimum atomic E-state index is 0.517. The second-order valence-corrected chi connectivity index (χ2v) is 7.42. The summed E-state index contributed by atoms with van der Waals surface area (Å²) in [5.41, 5.74) is 0.517. The molecule has 0 saturated carbocycles. The zero-order valence-electron chi connectivity index (χ0n) is 12.0. The van der Waals surface area contributed by atoms with Crippen molar-refractivity contribution in [2.75, 3.05) is 19.6 Å². The summed E-state index contributed by atoms with van der Waals surface area (Å²) in [5, 5.41) is 3.47. The highest BCUT2D eigenvalue weighted by Crippen LogP contribution is 2.30. The Bertz CT molecular complexity index is 370. The first-order chi connectivity index (χ1) is 8.59. The SMILES string of the molecule is CCCNCc1ccc(CN2CCC(C)(C)C2)s1. The van der Waals surface area contributed by atoms with E-state index in [0.29, 0.717) is 5.41 Å². The van der Waals surface area contributed by atoms with Crippen molar-refractivity contribution in [2.24, 2.45) is 5.41 Å². The van der Waals surface area contributed by atoms with Gasteiger partial charge in [-0.2, -0.15) is 0 Å². The summed E-state index contributed by atoms with van der Waals surface area (Å²) >= 11 is 1.97. The third-order valence-corrected chi connectivity index (χ3v) is 4.65. The van der Waals surface area contributed by atoms with E-state index in [1.807, 2.05) is 11.3 Å². The van der Waals surface area contributed by atoms with Crippen LogP contribution in [0.2, 0.25) is 0 Å². The lowest BCUT2D eigenvalue weighted by molar-refractivity contribution is 0.286. The Balaban J connectivity index is 1.80. The molecule has 1 aromatic rings. The fourth-order valence-corrected chi connectivity index (χ4v) is 3.60. The van der Waals surface area contributed by atoms with E-state index in [-0.39, 0.29) is 0 Å². The maximum Gasteiger partial charge on any atom is 0.0328 e. The van der Waals surface area contributed by atoms with Gasteiger partial charge in [0.2, 0.25) is 0 Å². The Hall–Kier alpha value is -0.380. The minimum Gasteiger partial charge on any atom is -0.312 e. The van der Waals surface area contributed by atoms with Gasteiger partial charge in [-0.3, -0.25) is 4.90 Å². The zero-order chi connectivity index (χ0) is 13.0. The van der Waals surface area contributed by atoms with Crippen molar-refractivity contribution in [3.05, 3.63) is 21.9 Å². The number of rotatable bonds is 6. The molecule has 1 saturated heterocycles. The topological polar surface area (TPSA) is 15.3 Å². The summed E-state index contributed by atoms with van der Waals surface area (Å²) in [7, 11) is 0. The molecule has 18 heavy (non-hydrogen) atoms. The Morgan fingerprint density at radius 3 is 2.78 bits per heavy atom. The summed E-state index contributed by atoms with van der Waals surface area (Å²) in [4.78, 5) is 5.58. The van der Waals surface area contributed by atoms with Crippen LogP contribution in [0, 0.1) is 5.41 Å². The number of thiophene rings is 1. The highest BCUT2D eigenvalue weighted by atomic mass is 32.1. The molecule has 0 bridgehead atoms. The molecule has 0 unspecified atom stereocenters. The van der Waals surface area contributed by atoms with Crippen LogP contribution in [0.5, 0.6) is 0 Å². The van der Waals surface area contributed by atoms with Crippen molar-refractivity contribution in [3.63, 3.8) is 0 Å². The number of hydrogen-bond acceptors (Lipinski definition) is 3. The molecule has 2 rings (SSSR count). The average Bonchev–Trinajstić information content (AvgIpc) is 2.87. The molecule has 2 nitrogen and oxygen atoms in total. The van der Waals surface area contributed by atoms with E-state index in [1.54, 1.807) is 0 Å². The highest BCUT2D eigenvalue weighted by molar-refractivity contribution is 7.11. The van der Waals surface area contributed by atoms with E-state index in [9.17, 15) is 0 Å². The molecule has 2 heterocycles. The lowest BCUT2D eigenvalue weighted by Gasteiger charge is -2.18. The number of nitrogens with zero attached hydrogens (tertiary/aromatic N) is 1. The van der Waals surface area contributed by atoms with Crippen LogP contribution < -0.4 is 5.32 Å². The molecule has 0 atom stereocenters. The summed E-state index contributed by atoms with van der Waals surface area (Å²) in [6.07, 6.45) is 2.55. The van der Waals surface area contributed by atoms with Crippen LogP contribution in [0.3, 0.4) is 0 Å². The van der Waals surface area contributed by atoms with Crippen molar-refractivity contribution in [3.8, 4) is 0 Å². The average molecular weight is 266 g/mol. The number of likely N-dealkylation sites (tertiary alicyclic amines) is 1. The number of hydrogen-bond donors (Lipinski definition) is 1. The normalized spacial score (nSPS) is 19.5. The van der Waals surface area contributed by atoms with Crippen LogP contribution in [0.15, 0.2) is 12.1 Å². The fourth-order valence-electron chi connectivity index (χ4n) is 2.57. The molecule has 1 aliphatic rings. The smallest absolute Gasteiger partial charge is 0.0328 e.